The third-order valence-electron chi connectivity index (χ3n) is 1.59. The highest BCUT2D eigenvalue weighted by molar-refractivity contribution is 5.79. The average Bonchev–Trinajstić information content (AvgIpc) is 1.85. The molecule has 0 aromatic rings. The molecule has 2 nitrogen and oxygen atoms in total. The summed E-state index contributed by atoms with van der Waals surface area (Å²) in [6.45, 7) is 9.74. The van der Waals surface area contributed by atoms with Gasteiger partial charge in [0.15, 0.2) is 0 Å². The summed E-state index contributed by atoms with van der Waals surface area (Å²) < 4.78 is 0. The van der Waals surface area contributed by atoms with E-state index in [1.807, 2.05) is 6.92 Å². The third kappa shape index (κ3) is 7.37. The van der Waals surface area contributed by atoms with Crippen LogP contribution in [0.3, 0.4) is 0 Å². The molecule has 0 saturated heterocycles. The van der Waals surface area contributed by atoms with Gasteiger partial charge in [0.25, 0.3) is 0 Å². The van der Waals surface area contributed by atoms with E-state index in [1.165, 1.54) is 6.42 Å². The van der Waals surface area contributed by atoms with E-state index in [0.29, 0.717) is 5.41 Å². The highest BCUT2D eigenvalue weighted by Crippen LogP contribution is 2.16. The quantitative estimate of drug-likeness (QED) is 0.480. The van der Waals surface area contributed by atoms with Crippen LogP contribution < -0.4 is 5.32 Å². The molecule has 1 N–H and O–H groups in total. The summed E-state index contributed by atoms with van der Waals surface area (Å²) in [6.07, 6.45) is 1.18. The summed E-state index contributed by atoms with van der Waals surface area (Å²) in [6, 6.07) is 0. The lowest BCUT2D eigenvalue weighted by Crippen LogP contribution is -2.24. The summed E-state index contributed by atoms with van der Waals surface area (Å²) in [5.74, 6) is 1.02. The predicted molar refractivity (Wildman–Crippen MR) is 51.1 cm³/mol. The van der Waals surface area contributed by atoms with Crippen molar-refractivity contribution in [2.45, 2.75) is 34.1 Å². The Balaban J connectivity index is 3.43. The van der Waals surface area contributed by atoms with Crippen molar-refractivity contribution in [1.29, 1.82) is 0 Å². The molecule has 0 saturated carbocycles. The Labute approximate surface area is 70.1 Å². The number of hydrogen-bond acceptors (Lipinski definition) is 1. The van der Waals surface area contributed by atoms with Gasteiger partial charge in [0.2, 0.25) is 0 Å². The van der Waals surface area contributed by atoms with Gasteiger partial charge < -0.3 is 5.32 Å². The smallest absolute Gasteiger partial charge is 0.0928 e. The summed E-state index contributed by atoms with van der Waals surface area (Å²) in [4.78, 5) is 4.01. The lowest BCUT2D eigenvalue weighted by molar-refractivity contribution is 0.378. The fraction of sp³-hybridized carbons (Fsp3) is 0.889. The van der Waals surface area contributed by atoms with Gasteiger partial charge in [0, 0.05) is 13.6 Å². The van der Waals surface area contributed by atoms with Crippen LogP contribution >= 0.6 is 0 Å². The van der Waals surface area contributed by atoms with Crippen molar-refractivity contribution in [3.8, 4) is 0 Å². The lowest BCUT2D eigenvalue weighted by atomic mass is 9.92. The van der Waals surface area contributed by atoms with Gasteiger partial charge in [-0.25, -0.2) is 0 Å². The van der Waals surface area contributed by atoms with Crippen LogP contribution in [0.5, 0.6) is 0 Å². The van der Waals surface area contributed by atoms with Crippen molar-refractivity contribution in [1.82, 2.24) is 5.32 Å². The van der Waals surface area contributed by atoms with Gasteiger partial charge in [-0.05, 0) is 18.8 Å². The van der Waals surface area contributed by atoms with E-state index in [1.54, 1.807) is 7.05 Å². The van der Waals surface area contributed by atoms with Crippen LogP contribution in [0.4, 0.5) is 0 Å². The molecule has 0 unspecified atom stereocenters. The molecule has 0 amide bonds. The molecule has 0 aliphatic rings. The van der Waals surface area contributed by atoms with Crippen LogP contribution in [-0.2, 0) is 0 Å². The number of amidine groups is 1. The van der Waals surface area contributed by atoms with Crippen molar-refractivity contribution in [2.24, 2.45) is 10.4 Å². The standard InChI is InChI=1S/C9H20N2/c1-8(10-5)11-7-6-9(2,3)4/h6-7H2,1-5H3,(H,10,11). The highest BCUT2D eigenvalue weighted by atomic mass is 15.0. The molecule has 0 heterocycles. The first-order valence-corrected chi connectivity index (χ1v) is 4.13. The number of aliphatic imine (C=N–C) groups is 1. The maximum atomic E-state index is 4.01. The molecule has 0 spiro atoms. The van der Waals surface area contributed by atoms with Crippen LogP contribution in [0.25, 0.3) is 0 Å². The zero-order valence-corrected chi connectivity index (χ0v) is 8.36. The molecule has 0 aliphatic heterocycles. The minimum absolute atomic E-state index is 0.418. The first-order chi connectivity index (χ1) is 4.95. The maximum Gasteiger partial charge on any atom is 0.0928 e. The normalized spacial score (nSPS) is 13.4. The van der Waals surface area contributed by atoms with E-state index in [4.69, 9.17) is 0 Å². The average molecular weight is 156 g/mol. The van der Waals surface area contributed by atoms with Gasteiger partial charge in [-0.15, -0.1) is 0 Å². The Bertz CT molecular complexity index is 131. The van der Waals surface area contributed by atoms with Crippen LogP contribution in [0.2, 0.25) is 0 Å². The zero-order chi connectivity index (χ0) is 8.91. The molecular formula is C9H20N2. The van der Waals surface area contributed by atoms with Crippen LogP contribution in [0.1, 0.15) is 34.1 Å². The SMILES string of the molecule is CN=C(C)NCCC(C)(C)C. The molecule has 66 valence electrons. The number of hydrogen-bond donors (Lipinski definition) is 1. The minimum Gasteiger partial charge on any atom is -0.374 e. The second kappa shape index (κ2) is 4.37. The minimum atomic E-state index is 0.418. The molecule has 0 rings (SSSR count). The number of rotatable bonds is 2. The zero-order valence-electron chi connectivity index (χ0n) is 8.36. The third-order valence-corrected chi connectivity index (χ3v) is 1.59. The summed E-state index contributed by atoms with van der Waals surface area (Å²) in [5, 5.41) is 3.24. The van der Waals surface area contributed by atoms with Gasteiger partial charge in [-0.3, -0.25) is 4.99 Å². The van der Waals surface area contributed by atoms with Crippen LogP contribution in [-0.4, -0.2) is 19.4 Å². The summed E-state index contributed by atoms with van der Waals surface area (Å²) >= 11 is 0. The van der Waals surface area contributed by atoms with Crippen molar-refractivity contribution in [2.75, 3.05) is 13.6 Å². The largest absolute Gasteiger partial charge is 0.374 e. The topological polar surface area (TPSA) is 24.4 Å². The maximum absolute atomic E-state index is 4.01. The fourth-order valence-corrected chi connectivity index (χ4v) is 0.697. The van der Waals surface area contributed by atoms with E-state index in [-0.39, 0.29) is 0 Å². The van der Waals surface area contributed by atoms with Crippen LogP contribution in [0, 0.1) is 5.41 Å². The van der Waals surface area contributed by atoms with Gasteiger partial charge in [-0.1, -0.05) is 20.8 Å². The molecule has 2 heteroatoms. The van der Waals surface area contributed by atoms with Crippen molar-refractivity contribution < 1.29 is 0 Å². The molecule has 0 radical (unpaired) electrons. The number of nitrogens with zero attached hydrogens (tertiary/aromatic N) is 1. The predicted octanol–water partition coefficient (Wildman–Crippen LogP) is 2.06. The van der Waals surface area contributed by atoms with Gasteiger partial charge in [0.1, 0.15) is 0 Å². The Morgan fingerprint density at radius 1 is 1.36 bits per heavy atom. The second-order valence-electron chi connectivity index (χ2n) is 4.05. The summed E-state index contributed by atoms with van der Waals surface area (Å²) in [7, 11) is 1.80. The molecular weight excluding hydrogens is 136 g/mol. The Morgan fingerprint density at radius 3 is 2.27 bits per heavy atom. The molecule has 11 heavy (non-hydrogen) atoms. The van der Waals surface area contributed by atoms with E-state index < -0.39 is 0 Å². The molecule has 0 aromatic carbocycles. The Morgan fingerprint density at radius 2 is 1.91 bits per heavy atom. The van der Waals surface area contributed by atoms with Gasteiger partial charge >= 0.3 is 0 Å². The van der Waals surface area contributed by atoms with Gasteiger partial charge in [-0.2, -0.15) is 0 Å². The van der Waals surface area contributed by atoms with Crippen LogP contribution in [0.15, 0.2) is 4.99 Å². The molecule has 0 fully saturated rings. The highest BCUT2D eigenvalue weighted by Gasteiger charge is 2.08. The van der Waals surface area contributed by atoms with Crippen molar-refractivity contribution >= 4 is 5.84 Å². The fourth-order valence-electron chi connectivity index (χ4n) is 0.697. The monoisotopic (exact) mass is 156 g/mol. The lowest BCUT2D eigenvalue weighted by Gasteiger charge is -2.18. The van der Waals surface area contributed by atoms with Gasteiger partial charge in [0.05, 0.1) is 5.84 Å². The number of nitrogens with one attached hydrogen (secondary N) is 1. The van der Waals surface area contributed by atoms with E-state index in [9.17, 15) is 0 Å². The Kier molecular flexibility index (Phi) is 4.16. The van der Waals surface area contributed by atoms with Crippen molar-refractivity contribution in [3.63, 3.8) is 0 Å². The molecule has 0 bridgehead atoms. The second-order valence-corrected chi connectivity index (χ2v) is 4.05. The summed E-state index contributed by atoms with van der Waals surface area (Å²) in [5.41, 5.74) is 0.418. The first-order valence-electron chi connectivity index (χ1n) is 4.13. The van der Waals surface area contributed by atoms with E-state index >= 15 is 0 Å². The molecule has 0 atom stereocenters. The van der Waals surface area contributed by atoms with E-state index in [2.05, 4.69) is 31.1 Å². The van der Waals surface area contributed by atoms with Crippen molar-refractivity contribution in [3.05, 3.63) is 0 Å². The molecule has 0 aromatic heterocycles. The Hall–Kier alpha value is -0.530. The first kappa shape index (κ1) is 10.5. The van der Waals surface area contributed by atoms with E-state index in [0.717, 1.165) is 12.4 Å². The molecule has 0 aliphatic carbocycles.